The Balaban J connectivity index is 1.75. The van der Waals surface area contributed by atoms with Crippen molar-refractivity contribution in [3.8, 4) is 11.1 Å². The van der Waals surface area contributed by atoms with E-state index in [-0.39, 0.29) is 6.09 Å². The minimum absolute atomic E-state index is 0.246. The molecule has 1 aliphatic heterocycles. The number of pyridine rings is 1. The largest absolute Gasteiger partial charge is 0.444 e. The zero-order chi connectivity index (χ0) is 18.7. The van der Waals surface area contributed by atoms with Gasteiger partial charge in [-0.05, 0) is 48.3 Å². The molecular formula is C20H24BrN3O2. The third-order valence-electron chi connectivity index (χ3n) is 4.15. The highest BCUT2D eigenvalue weighted by Crippen LogP contribution is 2.32. The maximum atomic E-state index is 12.3. The van der Waals surface area contributed by atoms with Crippen molar-refractivity contribution in [1.29, 1.82) is 0 Å². The molecule has 1 aliphatic rings. The molecule has 0 bridgehead atoms. The van der Waals surface area contributed by atoms with Crippen molar-refractivity contribution in [2.24, 2.45) is 0 Å². The van der Waals surface area contributed by atoms with E-state index in [1.807, 2.05) is 45.2 Å². The van der Waals surface area contributed by atoms with Crippen LogP contribution in [0, 0.1) is 0 Å². The number of hydrogen-bond donors (Lipinski definition) is 0. The molecule has 2 aromatic rings. The zero-order valence-corrected chi connectivity index (χ0v) is 17.0. The summed E-state index contributed by atoms with van der Waals surface area (Å²) >= 11 is 3.52. The lowest BCUT2D eigenvalue weighted by Gasteiger charge is -2.36. The van der Waals surface area contributed by atoms with Gasteiger partial charge in [0.1, 0.15) is 11.4 Å². The zero-order valence-electron chi connectivity index (χ0n) is 15.4. The first-order valence-electron chi connectivity index (χ1n) is 8.77. The topological polar surface area (TPSA) is 45.7 Å². The summed E-state index contributed by atoms with van der Waals surface area (Å²) in [5.74, 6) is 0.947. The van der Waals surface area contributed by atoms with E-state index >= 15 is 0 Å². The van der Waals surface area contributed by atoms with Crippen LogP contribution in [0.5, 0.6) is 0 Å². The molecule has 0 spiro atoms. The van der Waals surface area contributed by atoms with Gasteiger partial charge in [0.15, 0.2) is 0 Å². The minimum atomic E-state index is -0.470. The van der Waals surface area contributed by atoms with Crippen LogP contribution in [0.1, 0.15) is 20.8 Å². The van der Waals surface area contributed by atoms with Crippen LogP contribution in [-0.2, 0) is 4.74 Å². The first-order chi connectivity index (χ1) is 12.3. The molecule has 5 nitrogen and oxygen atoms in total. The SMILES string of the molecule is CC(C)(C)OC(=O)N1CCN(c2ncc(Br)cc2-c2ccccc2)CC1. The van der Waals surface area contributed by atoms with Crippen LogP contribution in [0.15, 0.2) is 47.1 Å². The summed E-state index contributed by atoms with van der Waals surface area (Å²) in [7, 11) is 0. The van der Waals surface area contributed by atoms with Crippen LogP contribution in [0.3, 0.4) is 0 Å². The average Bonchev–Trinajstić information content (AvgIpc) is 2.61. The molecule has 6 heteroatoms. The first kappa shape index (κ1) is 18.7. The Labute approximate surface area is 163 Å². The smallest absolute Gasteiger partial charge is 0.410 e. The maximum Gasteiger partial charge on any atom is 0.410 e. The number of benzene rings is 1. The molecule has 1 fully saturated rings. The van der Waals surface area contributed by atoms with Crippen LogP contribution < -0.4 is 4.90 Å². The first-order valence-corrected chi connectivity index (χ1v) is 9.56. The molecule has 0 atom stereocenters. The van der Waals surface area contributed by atoms with Crippen molar-refractivity contribution in [3.05, 3.63) is 47.1 Å². The molecular weight excluding hydrogens is 394 g/mol. The lowest BCUT2D eigenvalue weighted by molar-refractivity contribution is 0.0240. The molecule has 3 rings (SSSR count). The number of anilines is 1. The van der Waals surface area contributed by atoms with Gasteiger partial charge in [-0.2, -0.15) is 0 Å². The number of ether oxygens (including phenoxy) is 1. The van der Waals surface area contributed by atoms with Gasteiger partial charge in [-0.15, -0.1) is 0 Å². The van der Waals surface area contributed by atoms with E-state index in [0.717, 1.165) is 34.5 Å². The summed E-state index contributed by atoms with van der Waals surface area (Å²) in [5, 5.41) is 0. The summed E-state index contributed by atoms with van der Waals surface area (Å²) < 4.78 is 6.42. The summed E-state index contributed by atoms with van der Waals surface area (Å²) in [4.78, 5) is 20.9. The molecule has 0 unspecified atom stereocenters. The number of rotatable bonds is 2. The molecule has 1 amide bonds. The van der Waals surface area contributed by atoms with E-state index in [0.29, 0.717) is 13.1 Å². The highest BCUT2D eigenvalue weighted by Gasteiger charge is 2.27. The molecule has 1 saturated heterocycles. The Kier molecular flexibility index (Phi) is 5.51. The third kappa shape index (κ3) is 4.55. The minimum Gasteiger partial charge on any atom is -0.444 e. The summed E-state index contributed by atoms with van der Waals surface area (Å²) in [6.45, 7) is 8.38. The van der Waals surface area contributed by atoms with Crippen LogP contribution in [-0.4, -0.2) is 47.8 Å². The van der Waals surface area contributed by atoms with Gasteiger partial charge in [0, 0.05) is 42.4 Å². The van der Waals surface area contributed by atoms with Gasteiger partial charge in [0.2, 0.25) is 0 Å². The molecule has 0 radical (unpaired) electrons. The Morgan fingerprint density at radius 2 is 1.77 bits per heavy atom. The van der Waals surface area contributed by atoms with E-state index in [1.165, 1.54) is 0 Å². The van der Waals surface area contributed by atoms with Gasteiger partial charge in [-0.25, -0.2) is 9.78 Å². The van der Waals surface area contributed by atoms with Crippen LogP contribution in [0.4, 0.5) is 10.6 Å². The van der Waals surface area contributed by atoms with Crippen LogP contribution >= 0.6 is 15.9 Å². The van der Waals surface area contributed by atoms with Crippen molar-refractivity contribution in [2.45, 2.75) is 26.4 Å². The van der Waals surface area contributed by atoms with E-state index in [4.69, 9.17) is 4.74 Å². The number of amides is 1. The van der Waals surface area contributed by atoms with Crippen molar-refractivity contribution in [3.63, 3.8) is 0 Å². The number of piperazine rings is 1. The van der Waals surface area contributed by atoms with Crippen molar-refractivity contribution in [1.82, 2.24) is 9.88 Å². The van der Waals surface area contributed by atoms with Gasteiger partial charge in [-0.1, -0.05) is 30.3 Å². The second kappa shape index (κ2) is 7.66. The molecule has 138 valence electrons. The molecule has 0 aliphatic carbocycles. The number of carbonyl (C=O) groups is 1. The van der Waals surface area contributed by atoms with E-state index in [2.05, 4.69) is 44.0 Å². The molecule has 0 saturated carbocycles. The summed E-state index contributed by atoms with van der Waals surface area (Å²) in [6, 6.07) is 12.3. The van der Waals surface area contributed by atoms with Crippen molar-refractivity contribution < 1.29 is 9.53 Å². The molecule has 1 aromatic carbocycles. The number of aromatic nitrogens is 1. The number of halogens is 1. The van der Waals surface area contributed by atoms with Crippen LogP contribution in [0.25, 0.3) is 11.1 Å². The summed E-state index contributed by atoms with van der Waals surface area (Å²) in [6.07, 6.45) is 1.58. The maximum absolute atomic E-state index is 12.3. The van der Waals surface area contributed by atoms with E-state index < -0.39 is 5.60 Å². The monoisotopic (exact) mass is 417 g/mol. The number of carbonyl (C=O) groups excluding carboxylic acids is 1. The van der Waals surface area contributed by atoms with Gasteiger partial charge >= 0.3 is 6.09 Å². The second-order valence-corrected chi connectivity index (χ2v) is 8.26. The Hall–Kier alpha value is -2.08. The fraction of sp³-hybridized carbons (Fsp3) is 0.400. The normalized spacial score (nSPS) is 15.1. The molecule has 26 heavy (non-hydrogen) atoms. The molecule has 0 N–H and O–H groups in total. The predicted molar refractivity (Wildman–Crippen MR) is 107 cm³/mol. The highest BCUT2D eigenvalue weighted by atomic mass is 79.9. The van der Waals surface area contributed by atoms with Gasteiger partial charge < -0.3 is 14.5 Å². The van der Waals surface area contributed by atoms with Crippen LogP contribution in [0.2, 0.25) is 0 Å². The van der Waals surface area contributed by atoms with Gasteiger partial charge in [0.25, 0.3) is 0 Å². The average molecular weight is 418 g/mol. The van der Waals surface area contributed by atoms with Gasteiger partial charge in [0.05, 0.1) is 0 Å². The number of nitrogens with zero attached hydrogens (tertiary/aromatic N) is 3. The second-order valence-electron chi connectivity index (χ2n) is 7.35. The third-order valence-corrected chi connectivity index (χ3v) is 4.58. The lowest BCUT2D eigenvalue weighted by atomic mass is 10.1. The fourth-order valence-corrected chi connectivity index (χ4v) is 3.27. The molecule has 2 heterocycles. The van der Waals surface area contributed by atoms with Gasteiger partial charge in [-0.3, -0.25) is 0 Å². The summed E-state index contributed by atoms with van der Waals surface area (Å²) in [5.41, 5.74) is 1.75. The number of hydrogen-bond acceptors (Lipinski definition) is 4. The Morgan fingerprint density at radius 3 is 2.38 bits per heavy atom. The highest BCUT2D eigenvalue weighted by molar-refractivity contribution is 9.10. The quantitative estimate of drug-likeness (QED) is 0.717. The Bertz CT molecular complexity index is 766. The standard InChI is InChI=1S/C20H24BrN3O2/c1-20(2,3)26-19(25)24-11-9-23(10-12-24)18-17(13-16(21)14-22-18)15-7-5-4-6-8-15/h4-8,13-14H,9-12H2,1-3H3. The Morgan fingerprint density at radius 1 is 1.12 bits per heavy atom. The predicted octanol–water partition coefficient (Wildman–Crippen LogP) is 4.57. The van der Waals surface area contributed by atoms with E-state index in [9.17, 15) is 4.79 Å². The molecule has 1 aromatic heterocycles. The van der Waals surface area contributed by atoms with Crippen molar-refractivity contribution in [2.75, 3.05) is 31.1 Å². The lowest BCUT2D eigenvalue weighted by Crippen LogP contribution is -2.50. The van der Waals surface area contributed by atoms with E-state index in [1.54, 1.807) is 4.90 Å². The van der Waals surface area contributed by atoms with Crippen molar-refractivity contribution >= 4 is 27.8 Å². The fourth-order valence-electron chi connectivity index (χ4n) is 2.94.